The lowest BCUT2D eigenvalue weighted by Crippen LogP contribution is -2.37. The predicted molar refractivity (Wildman–Crippen MR) is 46.0 cm³/mol. The van der Waals surface area contributed by atoms with Gasteiger partial charge in [0.15, 0.2) is 0 Å². The van der Waals surface area contributed by atoms with Gasteiger partial charge in [-0.2, -0.15) is 0 Å². The van der Waals surface area contributed by atoms with E-state index in [1.165, 1.54) is 0 Å². The van der Waals surface area contributed by atoms with Crippen molar-refractivity contribution in [3.8, 4) is 0 Å². The third-order valence-corrected chi connectivity index (χ3v) is 1.75. The fraction of sp³-hybridized carbons (Fsp3) is 1.00. The Morgan fingerprint density at radius 3 is 2.10 bits per heavy atom. The summed E-state index contributed by atoms with van der Waals surface area (Å²) in [6.07, 6.45) is 0. The number of hydrogen-bond acceptors (Lipinski definition) is 2. The van der Waals surface area contributed by atoms with Crippen molar-refractivity contribution in [1.29, 1.82) is 0 Å². The second-order valence-corrected chi connectivity index (χ2v) is 3.42. The van der Waals surface area contributed by atoms with Crippen molar-refractivity contribution in [3.05, 3.63) is 0 Å². The van der Waals surface area contributed by atoms with Crippen molar-refractivity contribution in [3.63, 3.8) is 0 Å². The Hall–Kier alpha value is -0.0800. The van der Waals surface area contributed by atoms with E-state index >= 15 is 0 Å². The van der Waals surface area contributed by atoms with Gasteiger partial charge in [0, 0.05) is 19.1 Å². The van der Waals surface area contributed by atoms with Crippen LogP contribution in [0.4, 0.5) is 0 Å². The molecule has 62 valence electrons. The Bertz CT molecular complexity index is 81.3. The molecule has 0 radical (unpaired) electrons. The quantitative estimate of drug-likeness (QED) is 0.636. The van der Waals surface area contributed by atoms with Gasteiger partial charge in [-0.05, 0) is 19.9 Å². The molecule has 2 heteroatoms. The highest BCUT2D eigenvalue weighted by atomic mass is 15.1. The smallest absolute Gasteiger partial charge is 0.0187 e. The number of nitrogens with zero attached hydrogens (tertiary/aromatic N) is 1. The summed E-state index contributed by atoms with van der Waals surface area (Å²) in [7, 11) is 2.12. The van der Waals surface area contributed by atoms with Crippen molar-refractivity contribution in [2.45, 2.75) is 26.8 Å². The summed E-state index contributed by atoms with van der Waals surface area (Å²) in [5.74, 6) is 0.735. The van der Waals surface area contributed by atoms with Crippen molar-refractivity contribution in [2.75, 3.05) is 20.1 Å². The van der Waals surface area contributed by atoms with Gasteiger partial charge in [0.05, 0.1) is 0 Å². The molecule has 1 unspecified atom stereocenters. The number of rotatable bonds is 4. The van der Waals surface area contributed by atoms with E-state index in [2.05, 4.69) is 32.7 Å². The average molecular weight is 144 g/mol. The molecule has 0 aromatic rings. The minimum Gasteiger partial charge on any atom is -0.329 e. The minimum atomic E-state index is 0.516. The van der Waals surface area contributed by atoms with E-state index in [9.17, 15) is 0 Å². The molecular weight excluding hydrogens is 124 g/mol. The van der Waals surface area contributed by atoms with E-state index in [4.69, 9.17) is 5.73 Å². The molecule has 0 bridgehead atoms. The molecule has 0 aliphatic heterocycles. The van der Waals surface area contributed by atoms with Crippen LogP contribution in [-0.4, -0.2) is 31.1 Å². The summed E-state index contributed by atoms with van der Waals surface area (Å²) in [5, 5.41) is 0. The molecule has 0 rings (SSSR count). The molecule has 2 nitrogen and oxygen atoms in total. The van der Waals surface area contributed by atoms with E-state index < -0.39 is 0 Å². The zero-order chi connectivity index (χ0) is 8.15. The highest BCUT2D eigenvalue weighted by molar-refractivity contribution is 4.64. The molecule has 0 saturated carbocycles. The van der Waals surface area contributed by atoms with Crippen LogP contribution in [-0.2, 0) is 0 Å². The van der Waals surface area contributed by atoms with Gasteiger partial charge in [0.25, 0.3) is 0 Å². The molecule has 0 aliphatic carbocycles. The van der Waals surface area contributed by atoms with Gasteiger partial charge >= 0.3 is 0 Å². The van der Waals surface area contributed by atoms with E-state index in [-0.39, 0.29) is 0 Å². The van der Waals surface area contributed by atoms with Crippen molar-refractivity contribution in [2.24, 2.45) is 11.7 Å². The lowest BCUT2D eigenvalue weighted by Gasteiger charge is -2.24. The Morgan fingerprint density at radius 1 is 1.30 bits per heavy atom. The summed E-state index contributed by atoms with van der Waals surface area (Å²) in [4.78, 5) is 2.30. The SMILES string of the molecule is CC(C)CN(C)C(C)CN. The van der Waals surface area contributed by atoms with Crippen molar-refractivity contribution in [1.82, 2.24) is 4.90 Å². The minimum absolute atomic E-state index is 0.516. The molecule has 0 amide bonds. The fourth-order valence-electron chi connectivity index (χ4n) is 0.936. The lowest BCUT2D eigenvalue weighted by molar-refractivity contribution is 0.235. The highest BCUT2D eigenvalue weighted by Gasteiger charge is 2.07. The Labute approximate surface area is 64.4 Å². The molecule has 0 heterocycles. The van der Waals surface area contributed by atoms with Crippen LogP contribution < -0.4 is 5.73 Å². The first-order valence-corrected chi connectivity index (χ1v) is 3.98. The molecule has 1 atom stereocenters. The van der Waals surface area contributed by atoms with Gasteiger partial charge in [0.2, 0.25) is 0 Å². The lowest BCUT2D eigenvalue weighted by atomic mass is 10.2. The first-order valence-electron chi connectivity index (χ1n) is 3.98. The topological polar surface area (TPSA) is 29.3 Å². The third-order valence-electron chi connectivity index (χ3n) is 1.75. The molecular formula is C8H20N2. The van der Waals surface area contributed by atoms with Crippen molar-refractivity contribution < 1.29 is 0 Å². The van der Waals surface area contributed by atoms with Gasteiger partial charge in [-0.25, -0.2) is 0 Å². The van der Waals surface area contributed by atoms with Gasteiger partial charge in [-0.15, -0.1) is 0 Å². The standard InChI is InChI=1S/C8H20N2/c1-7(2)6-10(4)8(3)5-9/h7-8H,5-6,9H2,1-4H3. The molecule has 0 fully saturated rings. The van der Waals surface area contributed by atoms with E-state index in [0.29, 0.717) is 6.04 Å². The van der Waals surface area contributed by atoms with Crippen LogP contribution in [0.2, 0.25) is 0 Å². The van der Waals surface area contributed by atoms with E-state index in [1.807, 2.05) is 0 Å². The average Bonchev–Trinajstić information content (AvgIpc) is 1.85. The molecule has 0 saturated heterocycles. The first kappa shape index (κ1) is 9.92. The van der Waals surface area contributed by atoms with Crippen LogP contribution in [0, 0.1) is 5.92 Å². The first-order chi connectivity index (χ1) is 4.57. The zero-order valence-electron chi connectivity index (χ0n) is 7.59. The maximum absolute atomic E-state index is 5.51. The highest BCUT2D eigenvalue weighted by Crippen LogP contribution is 1.99. The summed E-state index contributed by atoms with van der Waals surface area (Å²) >= 11 is 0. The zero-order valence-corrected chi connectivity index (χ0v) is 7.59. The van der Waals surface area contributed by atoms with Crippen LogP contribution in [0.15, 0.2) is 0 Å². The Kier molecular flexibility index (Phi) is 4.65. The summed E-state index contributed by atoms with van der Waals surface area (Å²) in [5.41, 5.74) is 5.51. The normalized spacial score (nSPS) is 14.7. The number of likely N-dealkylation sites (N-methyl/N-ethyl adjacent to an activating group) is 1. The second-order valence-electron chi connectivity index (χ2n) is 3.42. The van der Waals surface area contributed by atoms with Crippen LogP contribution in [0.1, 0.15) is 20.8 Å². The molecule has 10 heavy (non-hydrogen) atoms. The van der Waals surface area contributed by atoms with Crippen LogP contribution in [0.5, 0.6) is 0 Å². The molecule has 0 aromatic heterocycles. The summed E-state index contributed by atoms with van der Waals surface area (Å²) in [6.45, 7) is 8.49. The largest absolute Gasteiger partial charge is 0.329 e. The predicted octanol–water partition coefficient (Wildman–Crippen LogP) is 0.921. The van der Waals surface area contributed by atoms with Crippen LogP contribution >= 0.6 is 0 Å². The number of hydrogen-bond donors (Lipinski definition) is 1. The van der Waals surface area contributed by atoms with Crippen molar-refractivity contribution >= 4 is 0 Å². The van der Waals surface area contributed by atoms with Crippen LogP contribution in [0.25, 0.3) is 0 Å². The van der Waals surface area contributed by atoms with Gasteiger partial charge in [-0.1, -0.05) is 13.8 Å². The van der Waals surface area contributed by atoms with Gasteiger partial charge in [0.1, 0.15) is 0 Å². The molecule has 0 aromatic carbocycles. The molecule has 2 N–H and O–H groups in total. The molecule has 0 spiro atoms. The third kappa shape index (κ3) is 3.85. The van der Waals surface area contributed by atoms with Crippen LogP contribution in [0.3, 0.4) is 0 Å². The number of nitrogens with two attached hydrogens (primary N) is 1. The maximum Gasteiger partial charge on any atom is 0.0187 e. The van der Waals surface area contributed by atoms with Gasteiger partial charge < -0.3 is 10.6 Å². The summed E-state index contributed by atoms with van der Waals surface area (Å²) < 4.78 is 0. The Balaban J connectivity index is 3.50. The van der Waals surface area contributed by atoms with E-state index in [1.54, 1.807) is 0 Å². The monoisotopic (exact) mass is 144 g/mol. The molecule has 0 aliphatic rings. The van der Waals surface area contributed by atoms with Gasteiger partial charge in [-0.3, -0.25) is 0 Å². The maximum atomic E-state index is 5.51. The second kappa shape index (κ2) is 4.69. The Morgan fingerprint density at radius 2 is 1.80 bits per heavy atom. The fourth-order valence-corrected chi connectivity index (χ4v) is 0.936. The van der Waals surface area contributed by atoms with E-state index in [0.717, 1.165) is 19.0 Å². The summed E-state index contributed by atoms with van der Waals surface area (Å²) in [6, 6.07) is 0.516.